The molecule has 5 rings (SSSR count). The van der Waals surface area contributed by atoms with Gasteiger partial charge in [0.2, 0.25) is 5.75 Å². The highest BCUT2D eigenvalue weighted by Gasteiger charge is 2.36. The molecule has 0 saturated carbocycles. The highest BCUT2D eigenvalue weighted by molar-refractivity contribution is 6.30. The van der Waals surface area contributed by atoms with Crippen LogP contribution in [0.4, 0.5) is 0 Å². The summed E-state index contributed by atoms with van der Waals surface area (Å²) in [5, 5.41) is 1.06. The quantitative estimate of drug-likeness (QED) is 0.425. The summed E-state index contributed by atoms with van der Waals surface area (Å²) in [5.74, 6) is -0.591. The van der Waals surface area contributed by atoms with E-state index in [4.69, 9.17) is 20.8 Å². The van der Waals surface area contributed by atoms with Crippen LogP contribution in [0.25, 0.3) is 11.0 Å². The fourth-order valence-electron chi connectivity index (χ4n) is 3.53. The lowest BCUT2D eigenvalue weighted by Gasteiger charge is -2.26. The van der Waals surface area contributed by atoms with Crippen LogP contribution in [0, 0.1) is 0 Å². The largest absolute Gasteiger partial charge is 0.448 e. The molecule has 138 valence electrons. The van der Waals surface area contributed by atoms with Gasteiger partial charge in [0.15, 0.2) is 0 Å². The number of nitrogens with one attached hydrogen (secondary N) is 2. The average Bonchev–Trinajstić information content (AvgIpc) is 2.68. The lowest BCUT2D eigenvalue weighted by Crippen LogP contribution is -2.31. The van der Waals surface area contributed by atoms with Gasteiger partial charge in [0.05, 0.1) is 22.6 Å². The molecule has 0 saturated heterocycles. The third-order valence-electron chi connectivity index (χ3n) is 4.71. The number of hydrogen-bond acceptors (Lipinski definition) is 5. The second-order valence-corrected chi connectivity index (χ2v) is 6.80. The number of hydrogen-bond donors (Lipinski definition) is 2. The molecule has 0 aliphatic carbocycles. The first-order valence-electron chi connectivity index (χ1n) is 8.38. The summed E-state index contributed by atoms with van der Waals surface area (Å²) in [4.78, 5) is 42.0. The molecule has 1 aliphatic heterocycles. The van der Waals surface area contributed by atoms with Crippen molar-refractivity contribution in [2.75, 3.05) is 0 Å². The lowest BCUT2D eigenvalue weighted by molar-refractivity contribution is 0.426. The van der Waals surface area contributed by atoms with E-state index in [2.05, 4.69) is 9.97 Å². The SMILES string of the molecule is O=c1[nH]c2c(c(=O)[nH]1)Oc1c(c(=O)oc3ccccc13)C2c1ccc(Cl)cc1. The number of aromatic nitrogens is 2. The van der Waals surface area contributed by atoms with E-state index in [-0.39, 0.29) is 22.8 Å². The summed E-state index contributed by atoms with van der Waals surface area (Å²) in [6, 6.07) is 13.7. The van der Waals surface area contributed by atoms with Crippen LogP contribution in [0.5, 0.6) is 11.5 Å². The first kappa shape index (κ1) is 16.6. The van der Waals surface area contributed by atoms with Gasteiger partial charge in [-0.1, -0.05) is 35.9 Å². The fourth-order valence-corrected chi connectivity index (χ4v) is 3.65. The molecule has 0 spiro atoms. The van der Waals surface area contributed by atoms with Gasteiger partial charge in [-0.15, -0.1) is 0 Å². The zero-order valence-electron chi connectivity index (χ0n) is 14.1. The minimum absolute atomic E-state index is 0.0668. The molecule has 0 bridgehead atoms. The molecule has 0 radical (unpaired) electrons. The molecular formula is C20H11ClN2O5. The molecule has 1 aliphatic rings. The van der Waals surface area contributed by atoms with Crippen molar-refractivity contribution in [3.05, 3.63) is 102 Å². The molecule has 1 unspecified atom stereocenters. The Kier molecular flexibility index (Phi) is 3.53. The van der Waals surface area contributed by atoms with Crippen molar-refractivity contribution in [1.82, 2.24) is 9.97 Å². The average molecular weight is 395 g/mol. The van der Waals surface area contributed by atoms with Crippen molar-refractivity contribution in [3.8, 4) is 11.5 Å². The summed E-state index contributed by atoms with van der Waals surface area (Å²) in [6.07, 6.45) is 0. The Morgan fingerprint density at radius 1 is 0.893 bits per heavy atom. The Morgan fingerprint density at radius 2 is 1.64 bits per heavy atom. The summed E-state index contributed by atoms with van der Waals surface area (Å²) < 4.78 is 11.3. The van der Waals surface area contributed by atoms with Crippen LogP contribution < -0.4 is 21.6 Å². The van der Waals surface area contributed by atoms with E-state index in [1.54, 1.807) is 48.5 Å². The minimum atomic E-state index is -0.758. The second-order valence-electron chi connectivity index (χ2n) is 6.37. The van der Waals surface area contributed by atoms with E-state index in [0.717, 1.165) is 0 Å². The highest BCUT2D eigenvalue weighted by Crippen LogP contribution is 2.45. The number of aromatic amines is 2. The molecule has 2 aromatic carbocycles. The lowest BCUT2D eigenvalue weighted by atomic mass is 9.86. The Hall–Kier alpha value is -3.58. The third kappa shape index (κ3) is 2.40. The van der Waals surface area contributed by atoms with Crippen molar-refractivity contribution in [3.63, 3.8) is 0 Å². The minimum Gasteiger partial charge on any atom is -0.448 e. The smallest absolute Gasteiger partial charge is 0.344 e. The van der Waals surface area contributed by atoms with Gasteiger partial charge in [0.25, 0.3) is 5.56 Å². The first-order valence-corrected chi connectivity index (χ1v) is 8.76. The summed E-state index contributed by atoms with van der Waals surface area (Å²) in [5.41, 5.74) is -0.605. The molecule has 1 atom stereocenters. The maximum Gasteiger partial charge on any atom is 0.344 e. The topological polar surface area (TPSA) is 105 Å². The Bertz CT molecular complexity index is 1420. The first-order chi connectivity index (χ1) is 13.5. The zero-order valence-corrected chi connectivity index (χ0v) is 14.9. The fraction of sp³-hybridized carbons (Fsp3) is 0.0500. The number of fused-ring (bicyclic) bond motifs is 4. The van der Waals surface area contributed by atoms with E-state index in [0.29, 0.717) is 21.6 Å². The maximum absolute atomic E-state index is 12.9. The van der Waals surface area contributed by atoms with Crippen LogP contribution in [0.1, 0.15) is 22.7 Å². The number of H-pyrrole nitrogens is 2. The van der Waals surface area contributed by atoms with Gasteiger partial charge in [-0.3, -0.25) is 9.78 Å². The molecule has 4 aromatic rings. The van der Waals surface area contributed by atoms with E-state index in [1.165, 1.54) is 0 Å². The molecule has 28 heavy (non-hydrogen) atoms. The van der Waals surface area contributed by atoms with Gasteiger partial charge in [-0.05, 0) is 29.8 Å². The van der Waals surface area contributed by atoms with Gasteiger partial charge >= 0.3 is 11.3 Å². The molecule has 0 fully saturated rings. The van der Waals surface area contributed by atoms with Crippen LogP contribution in [0.3, 0.4) is 0 Å². The number of benzene rings is 2. The van der Waals surface area contributed by atoms with E-state index in [9.17, 15) is 14.4 Å². The van der Waals surface area contributed by atoms with Crippen molar-refractivity contribution in [2.24, 2.45) is 0 Å². The van der Waals surface area contributed by atoms with Crippen LogP contribution in [0.15, 0.2) is 67.3 Å². The Morgan fingerprint density at radius 3 is 2.43 bits per heavy atom. The predicted octanol–water partition coefficient (Wildman–Crippen LogP) is 3.11. The van der Waals surface area contributed by atoms with Crippen molar-refractivity contribution in [2.45, 2.75) is 5.92 Å². The van der Waals surface area contributed by atoms with E-state index in [1.807, 2.05) is 0 Å². The number of ether oxygens (including phenoxy) is 1. The zero-order chi connectivity index (χ0) is 19.4. The van der Waals surface area contributed by atoms with Crippen LogP contribution in [0.2, 0.25) is 5.02 Å². The normalized spacial score (nSPS) is 15.0. The molecule has 8 heteroatoms. The van der Waals surface area contributed by atoms with Gasteiger partial charge in [0, 0.05) is 5.02 Å². The number of rotatable bonds is 1. The van der Waals surface area contributed by atoms with Crippen molar-refractivity contribution in [1.29, 1.82) is 0 Å². The van der Waals surface area contributed by atoms with Crippen LogP contribution >= 0.6 is 11.6 Å². The Labute approximate surface area is 161 Å². The Balaban J connectivity index is 1.93. The second kappa shape index (κ2) is 5.97. The van der Waals surface area contributed by atoms with E-state index < -0.39 is 22.8 Å². The molecule has 7 nitrogen and oxygen atoms in total. The number of para-hydroxylation sites is 1. The third-order valence-corrected chi connectivity index (χ3v) is 4.96. The number of halogens is 1. The summed E-state index contributed by atoms with van der Waals surface area (Å²) in [7, 11) is 0. The highest BCUT2D eigenvalue weighted by atomic mass is 35.5. The van der Waals surface area contributed by atoms with Gasteiger partial charge in [0.1, 0.15) is 11.3 Å². The molecule has 2 aromatic heterocycles. The maximum atomic E-state index is 12.9. The molecule has 0 amide bonds. The molecular weight excluding hydrogens is 384 g/mol. The van der Waals surface area contributed by atoms with Gasteiger partial charge in [-0.2, -0.15) is 0 Å². The molecule has 3 heterocycles. The van der Waals surface area contributed by atoms with Crippen molar-refractivity contribution >= 4 is 22.6 Å². The summed E-state index contributed by atoms with van der Waals surface area (Å²) >= 11 is 5.99. The summed E-state index contributed by atoms with van der Waals surface area (Å²) in [6.45, 7) is 0. The van der Waals surface area contributed by atoms with Crippen LogP contribution in [-0.4, -0.2) is 9.97 Å². The monoisotopic (exact) mass is 394 g/mol. The van der Waals surface area contributed by atoms with Gasteiger partial charge < -0.3 is 14.1 Å². The van der Waals surface area contributed by atoms with Crippen LogP contribution in [-0.2, 0) is 0 Å². The van der Waals surface area contributed by atoms with Gasteiger partial charge in [-0.25, -0.2) is 9.59 Å². The van der Waals surface area contributed by atoms with E-state index >= 15 is 0 Å². The standard InChI is InChI=1S/C20H11ClN2O5/c21-10-7-5-9(6-8-10)13-14-16(11-3-1-2-4-12(11)27-19(14)25)28-17-15(13)22-20(26)23-18(17)24/h1-8,13H,(H2,22,23,24,26). The van der Waals surface area contributed by atoms with Crippen molar-refractivity contribution < 1.29 is 9.15 Å². The predicted molar refractivity (Wildman–Crippen MR) is 103 cm³/mol. The molecule has 2 N–H and O–H groups in total.